The number of rotatable bonds is 9. The van der Waals surface area contributed by atoms with E-state index in [9.17, 15) is 0 Å². The molecular weight excluding hydrogens is 280 g/mol. The van der Waals surface area contributed by atoms with Crippen molar-refractivity contribution in [2.75, 3.05) is 19.7 Å². The van der Waals surface area contributed by atoms with Gasteiger partial charge in [0, 0.05) is 24.7 Å². The van der Waals surface area contributed by atoms with E-state index in [1.54, 1.807) is 0 Å². The van der Waals surface area contributed by atoms with Crippen LogP contribution in [-0.4, -0.2) is 35.6 Å². The molecular formula is C17H28N2OS. The molecule has 1 rings (SSSR count). The molecule has 0 aliphatic carbocycles. The third-order valence-corrected chi connectivity index (χ3v) is 3.54. The van der Waals surface area contributed by atoms with Gasteiger partial charge in [-0.25, -0.2) is 0 Å². The van der Waals surface area contributed by atoms with E-state index < -0.39 is 0 Å². The predicted octanol–water partition coefficient (Wildman–Crippen LogP) is 3.46. The van der Waals surface area contributed by atoms with Crippen molar-refractivity contribution in [2.24, 2.45) is 11.7 Å². The van der Waals surface area contributed by atoms with Crippen LogP contribution in [0.4, 0.5) is 0 Å². The molecule has 118 valence electrons. The van der Waals surface area contributed by atoms with Crippen LogP contribution >= 0.6 is 12.2 Å². The Hall–Kier alpha value is -1.13. The van der Waals surface area contributed by atoms with Crippen LogP contribution in [0.1, 0.15) is 39.7 Å². The predicted molar refractivity (Wildman–Crippen MR) is 94.0 cm³/mol. The molecule has 0 atom stereocenters. The van der Waals surface area contributed by atoms with Gasteiger partial charge < -0.3 is 15.4 Å². The van der Waals surface area contributed by atoms with E-state index >= 15 is 0 Å². The molecule has 0 aliphatic rings. The van der Waals surface area contributed by atoms with Crippen LogP contribution in [0.15, 0.2) is 24.3 Å². The zero-order chi connectivity index (χ0) is 15.8. The van der Waals surface area contributed by atoms with Crippen molar-refractivity contribution in [2.45, 2.75) is 40.2 Å². The fourth-order valence-corrected chi connectivity index (χ4v) is 2.35. The Kier molecular flexibility index (Phi) is 7.68. The molecule has 0 aliphatic heterocycles. The lowest BCUT2D eigenvalue weighted by atomic mass is 10.1. The molecule has 0 amide bonds. The Morgan fingerprint density at radius 2 is 2.00 bits per heavy atom. The van der Waals surface area contributed by atoms with Gasteiger partial charge in [-0.3, -0.25) is 0 Å². The Balaban J connectivity index is 2.39. The summed E-state index contributed by atoms with van der Waals surface area (Å²) >= 11 is 4.98. The number of ether oxygens (including phenoxy) is 1. The van der Waals surface area contributed by atoms with E-state index in [0.29, 0.717) is 23.6 Å². The van der Waals surface area contributed by atoms with Gasteiger partial charge in [-0.15, -0.1) is 0 Å². The molecule has 1 aromatic carbocycles. The van der Waals surface area contributed by atoms with E-state index in [4.69, 9.17) is 22.7 Å². The second-order valence-corrected chi connectivity index (χ2v) is 6.52. The lowest BCUT2D eigenvalue weighted by Gasteiger charge is -2.28. The summed E-state index contributed by atoms with van der Waals surface area (Å²) in [4.78, 5) is 2.91. The van der Waals surface area contributed by atoms with Crippen molar-refractivity contribution in [3.05, 3.63) is 29.8 Å². The van der Waals surface area contributed by atoms with Crippen molar-refractivity contribution in [1.29, 1.82) is 0 Å². The summed E-state index contributed by atoms with van der Waals surface area (Å²) in [6.45, 7) is 11.9. The van der Waals surface area contributed by atoms with Crippen molar-refractivity contribution < 1.29 is 4.74 Å². The van der Waals surface area contributed by atoms with Crippen LogP contribution in [0.2, 0.25) is 0 Å². The first-order valence-corrected chi connectivity index (χ1v) is 8.07. The van der Waals surface area contributed by atoms with E-state index in [1.165, 1.54) is 0 Å². The zero-order valence-electron chi connectivity index (χ0n) is 13.6. The zero-order valence-corrected chi connectivity index (χ0v) is 14.5. The van der Waals surface area contributed by atoms with Gasteiger partial charge in [0.25, 0.3) is 0 Å². The van der Waals surface area contributed by atoms with Gasteiger partial charge >= 0.3 is 0 Å². The van der Waals surface area contributed by atoms with E-state index in [1.807, 2.05) is 24.3 Å². The minimum atomic E-state index is 0.406. The van der Waals surface area contributed by atoms with E-state index in [-0.39, 0.29) is 0 Å². The molecule has 0 radical (unpaired) electrons. The first-order chi connectivity index (χ1) is 9.90. The molecule has 21 heavy (non-hydrogen) atoms. The van der Waals surface area contributed by atoms with Crippen LogP contribution < -0.4 is 10.5 Å². The standard InChI is InChI=1S/C17H28N2OS/c1-13(2)12-19(14(3)4)9-6-10-20-16-8-5-7-15(11-16)17(18)21/h5,7-8,11,13-14H,6,9-10,12H2,1-4H3,(H2,18,21). The second-order valence-electron chi connectivity index (χ2n) is 6.08. The highest BCUT2D eigenvalue weighted by Gasteiger charge is 2.10. The third kappa shape index (κ3) is 6.91. The summed E-state index contributed by atoms with van der Waals surface area (Å²) in [6.07, 6.45) is 1.02. The van der Waals surface area contributed by atoms with Crippen molar-refractivity contribution in [3.8, 4) is 5.75 Å². The van der Waals surface area contributed by atoms with Crippen molar-refractivity contribution in [1.82, 2.24) is 4.90 Å². The average molecular weight is 308 g/mol. The maximum atomic E-state index is 5.79. The summed E-state index contributed by atoms with van der Waals surface area (Å²) in [5, 5.41) is 0. The Bertz CT molecular complexity index is 446. The molecule has 4 heteroatoms. The Morgan fingerprint density at radius 3 is 2.57 bits per heavy atom. The van der Waals surface area contributed by atoms with Crippen LogP contribution in [0, 0.1) is 5.92 Å². The maximum absolute atomic E-state index is 5.79. The SMILES string of the molecule is CC(C)CN(CCCOc1cccc(C(N)=S)c1)C(C)C. The van der Waals surface area contributed by atoms with Gasteiger partial charge in [-0.2, -0.15) is 0 Å². The average Bonchev–Trinajstić information content (AvgIpc) is 2.41. The summed E-state index contributed by atoms with van der Waals surface area (Å²) in [5.41, 5.74) is 6.48. The van der Waals surface area contributed by atoms with Crippen LogP contribution in [-0.2, 0) is 0 Å². The summed E-state index contributed by atoms with van der Waals surface area (Å²) < 4.78 is 5.79. The van der Waals surface area contributed by atoms with Crippen LogP contribution in [0.25, 0.3) is 0 Å². The van der Waals surface area contributed by atoms with Crippen molar-refractivity contribution >= 4 is 17.2 Å². The highest BCUT2D eigenvalue weighted by atomic mass is 32.1. The number of benzene rings is 1. The highest BCUT2D eigenvalue weighted by molar-refractivity contribution is 7.80. The third-order valence-electron chi connectivity index (χ3n) is 3.31. The Labute approximate surface area is 134 Å². The number of nitrogens with zero attached hydrogens (tertiary/aromatic N) is 1. The second kappa shape index (κ2) is 9.00. The van der Waals surface area contributed by atoms with Crippen LogP contribution in [0.5, 0.6) is 5.75 Å². The molecule has 0 unspecified atom stereocenters. The summed E-state index contributed by atoms with van der Waals surface area (Å²) in [7, 11) is 0. The number of hydrogen-bond acceptors (Lipinski definition) is 3. The number of thiocarbonyl (C=S) groups is 1. The topological polar surface area (TPSA) is 38.5 Å². The number of nitrogens with two attached hydrogens (primary N) is 1. The molecule has 0 spiro atoms. The molecule has 1 aromatic rings. The van der Waals surface area contributed by atoms with E-state index in [0.717, 1.165) is 30.8 Å². The van der Waals surface area contributed by atoms with Gasteiger partial charge in [-0.05, 0) is 38.3 Å². The lowest BCUT2D eigenvalue weighted by Crippen LogP contribution is -2.35. The Morgan fingerprint density at radius 1 is 1.29 bits per heavy atom. The normalized spacial score (nSPS) is 11.4. The van der Waals surface area contributed by atoms with Gasteiger partial charge in [-0.1, -0.05) is 38.2 Å². The number of hydrogen-bond donors (Lipinski definition) is 1. The van der Waals surface area contributed by atoms with Crippen LogP contribution in [0.3, 0.4) is 0 Å². The van der Waals surface area contributed by atoms with Gasteiger partial charge in [0.2, 0.25) is 0 Å². The molecule has 0 fully saturated rings. The van der Waals surface area contributed by atoms with Crippen molar-refractivity contribution in [3.63, 3.8) is 0 Å². The smallest absolute Gasteiger partial charge is 0.119 e. The molecule has 0 saturated carbocycles. The molecule has 0 saturated heterocycles. The first kappa shape index (κ1) is 17.9. The minimum absolute atomic E-state index is 0.406. The minimum Gasteiger partial charge on any atom is -0.494 e. The van der Waals surface area contributed by atoms with Gasteiger partial charge in [0.1, 0.15) is 10.7 Å². The lowest BCUT2D eigenvalue weighted by molar-refractivity contribution is 0.179. The summed E-state index contributed by atoms with van der Waals surface area (Å²) in [6, 6.07) is 8.24. The fourth-order valence-electron chi connectivity index (χ4n) is 2.23. The quantitative estimate of drug-likeness (QED) is 0.560. The molecule has 3 nitrogen and oxygen atoms in total. The van der Waals surface area contributed by atoms with Gasteiger partial charge in [0.15, 0.2) is 0 Å². The molecule has 0 bridgehead atoms. The highest BCUT2D eigenvalue weighted by Crippen LogP contribution is 2.14. The molecule has 0 aromatic heterocycles. The van der Waals surface area contributed by atoms with Gasteiger partial charge in [0.05, 0.1) is 6.61 Å². The molecule has 0 heterocycles. The largest absolute Gasteiger partial charge is 0.494 e. The monoisotopic (exact) mass is 308 g/mol. The fraction of sp³-hybridized carbons (Fsp3) is 0.588. The summed E-state index contributed by atoms with van der Waals surface area (Å²) in [5.74, 6) is 1.52. The van der Waals surface area contributed by atoms with E-state index in [2.05, 4.69) is 32.6 Å². The first-order valence-electron chi connectivity index (χ1n) is 7.67. The maximum Gasteiger partial charge on any atom is 0.119 e. The molecule has 2 N–H and O–H groups in total.